The lowest BCUT2D eigenvalue weighted by Crippen LogP contribution is -2.50. The third-order valence-corrected chi connectivity index (χ3v) is 1.68. The number of amides is 1. The van der Waals surface area contributed by atoms with Gasteiger partial charge in [0.25, 0.3) is 0 Å². The molecule has 92 valence electrons. The van der Waals surface area contributed by atoms with E-state index in [-0.39, 0.29) is 6.61 Å². The van der Waals surface area contributed by atoms with Crippen LogP contribution in [0.3, 0.4) is 0 Å². The molecule has 2 unspecified atom stereocenters. The van der Waals surface area contributed by atoms with Gasteiger partial charge in [-0.05, 0) is 0 Å². The number of carbonyl (C=O) groups is 3. The molecule has 0 rings (SSSR count). The van der Waals surface area contributed by atoms with Gasteiger partial charge in [0.15, 0.2) is 6.04 Å². The molecule has 0 saturated carbocycles. The van der Waals surface area contributed by atoms with Crippen LogP contribution >= 0.6 is 0 Å². The molecular weight excluding hydrogens is 220 g/mol. The molecule has 0 fully saturated rings. The highest BCUT2D eigenvalue weighted by molar-refractivity contribution is 5.89. The molecule has 0 radical (unpaired) electrons. The molecule has 0 aromatic heterocycles. The fourth-order valence-electron chi connectivity index (χ4n) is 0.901. The molecule has 8 heteroatoms. The summed E-state index contributed by atoms with van der Waals surface area (Å²) in [4.78, 5) is 32.1. The summed E-state index contributed by atoms with van der Waals surface area (Å²) in [6.45, 7) is -0.221. The second kappa shape index (κ2) is 6.75. The van der Waals surface area contributed by atoms with E-state index in [0.717, 1.165) is 0 Å². The van der Waals surface area contributed by atoms with E-state index >= 15 is 0 Å². The summed E-state index contributed by atoms with van der Waals surface area (Å²) in [6, 6.07) is -2.52. The van der Waals surface area contributed by atoms with Crippen LogP contribution in [0, 0.1) is 0 Å². The molecule has 0 saturated heterocycles. The first-order valence-electron chi connectivity index (χ1n) is 4.38. The zero-order valence-corrected chi connectivity index (χ0v) is 8.67. The number of methoxy groups -OCH3 is 1. The van der Waals surface area contributed by atoms with Crippen LogP contribution in [-0.4, -0.2) is 53.9 Å². The smallest absolute Gasteiger partial charge is 0.328 e. The Hall–Kier alpha value is -1.67. The van der Waals surface area contributed by atoms with Crippen molar-refractivity contribution in [1.29, 1.82) is 0 Å². The van der Waals surface area contributed by atoms with Gasteiger partial charge in [0.2, 0.25) is 5.91 Å². The number of carboxylic acid groups (broad SMARTS) is 2. The van der Waals surface area contributed by atoms with Crippen molar-refractivity contribution in [3.63, 3.8) is 0 Å². The van der Waals surface area contributed by atoms with Crippen LogP contribution in [0.5, 0.6) is 0 Å². The fraction of sp³-hybridized carbons (Fsp3) is 0.625. The molecule has 8 nitrogen and oxygen atoms in total. The minimum atomic E-state index is -1.28. The van der Waals surface area contributed by atoms with Gasteiger partial charge in [-0.1, -0.05) is 0 Å². The molecule has 1 amide bonds. The summed E-state index contributed by atoms with van der Waals surface area (Å²) in [5.74, 6) is -3.36. The van der Waals surface area contributed by atoms with Crippen molar-refractivity contribution in [1.82, 2.24) is 5.32 Å². The molecule has 2 atom stereocenters. The summed E-state index contributed by atoms with van der Waals surface area (Å²) in [7, 11) is 1.28. The minimum absolute atomic E-state index is 0.221. The van der Waals surface area contributed by atoms with Gasteiger partial charge in [0, 0.05) is 7.11 Å². The van der Waals surface area contributed by atoms with Crippen molar-refractivity contribution in [3.05, 3.63) is 0 Å². The van der Waals surface area contributed by atoms with Gasteiger partial charge in [-0.25, -0.2) is 4.79 Å². The number of nitrogens with one attached hydrogen (secondary N) is 1. The highest BCUT2D eigenvalue weighted by Crippen LogP contribution is 1.92. The van der Waals surface area contributed by atoms with Gasteiger partial charge in [0.1, 0.15) is 0 Å². The van der Waals surface area contributed by atoms with E-state index in [2.05, 4.69) is 10.1 Å². The predicted molar refractivity (Wildman–Crippen MR) is 51.7 cm³/mol. The third-order valence-electron chi connectivity index (χ3n) is 1.68. The number of carbonyl (C=O) groups excluding carboxylic acids is 1. The monoisotopic (exact) mass is 234 g/mol. The zero-order chi connectivity index (χ0) is 12.7. The Balaban J connectivity index is 4.28. The zero-order valence-electron chi connectivity index (χ0n) is 8.67. The number of hydrogen-bond acceptors (Lipinski definition) is 5. The molecule has 0 bridgehead atoms. The van der Waals surface area contributed by atoms with E-state index in [1.807, 2.05) is 0 Å². The Bertz CT molecular complexity index is 280. The normalized spacial score (nSPS) is 13.9. The first kappa shape index (κ1) is 14.3. The molecule has 5 N–H and O–H groups in total. The van der Waals surface area contributed by atoms with Crippen molar-refractivity contribution in [3.8, 4) is 0 Å². The Labute approximate surface area is 91.4 Å². The van der Waals surface area contributed by atoms with Crippen LogP contribution in [0.1, 0.15) is 6.42 Å². The Morgan fingerprint density at radius 1 is 1.38 bits per heavy atom. The van der Waals surface area contributed by atoms with Gasteiger partial charge < -0.3 is 26.0 Å². The van der Waals surface area contributed by atoms with Crippen molar-refractivity contribution in [2.45, 2.75) is 18.5 Å². The van der Waals surface area contributed by atoms with E-state index in [0.29, 0.717) is 0 Å². The number of aliphatic carboxylic acids is 2. The van der Waals surface area contributed by atoms with E-state index in [4.69, 9.17) is 15.9 Å². The highest BCUT2D eigenvalue weighted by Gasteiger charge is 2.24. The van der Waals surface area contributed by atoms with Crippen LogP contribution < -0.4 is 11.1 Å². The molecule has 0 aliphatic carbocycles. The molecule has 0 aliphatic rings. The van der Waals surface area contributed by atoms with Gasteiger partial charge in [-0.15, -0.1) is 0 Å². The lowest BCUT2D eigenvalue weighted by atomic mass is 10.2. The molecule has 0 aromatic rings. The molecule has 0 aromatic carbocycles. The lowest BCUT2D eigenvalue weighted by molar-refractivity contribution is -0.144. The number of hydrogen-bond donors (Lipinski definition) is 4. The molecule has 16 heavy (non-hydrogen) atoms. The number of ether oxygens (including phenoxy) is 1. The van der Waals surface area contributed by atoms with Crippen LogP contribution in [0.2, 0.25) is 0 Å². The van der Waals surface area contributed by atoms with Crippen LogP contribution in [-0.2, 0) is 19.1 Å². The van der Waals surface area contributed by atoms with Gasteiger partial charge in [-0.3, -0.25) is 9.59 Å². The molecular formula is C8H14N2O6. The summed E-state index contributed by atoms with van der Waals surface area (Å²) < 4.78 is 4.57. The number of carboxylic acids is 2. The van der Waals surface area contributed by atoms with E-state index in [9.17, 15) is 14.4 Å². The lowest BCUT2D eigenvalue weighted by Gasteiger charge is -2.16. The average molecular weight is 234 g/mol. The van der Waals surface area contributed by atoms with Gasteiger partial charge in [-0.2, -0.15) is 0 Å². The maximum absolute atomic E-state index is 11.2. The SMILES string of the molecule is COCC(NC(=O)C(N)CC(=O)O)C(=O)O. The van der Waals surface area contributed by atoms with E-state index in [1.54, 1.807) is 0 Å². The largest absolute Gasteiger partial charge is 0.481 e. The maximum atomic E-state index is 11.2. The first-order chi connectivity index (χ1) is 7.38. The quantitative estimate of drug-likeness (QED) is 0.399. The maximum Gasteiger partial charge on any atom is 0.328 e. The van der Waals surface area contributed by atoms with Crippen molar-refractivity contribution < 1.29 is 29.3 Å². The molecule has 0 heterocycles. The van der Waals surface area contributed by atoms with E-state index < -0.39 is 36.4 Å². The Morgan fingerprint density at radius 3 is 2.31 bits per heavy atom. The molecule has 0 spiro atoms. The summed E-state index contributed by atoms with van der Waals surface area (Å²) in [5.41, 5.74) is 5.24. The van der Waals surface area contributed by atoms with Crippen molar-refractivity contribution >= 4 is 17.8 Å². The Morgan fingerprint density at radius 2 is 1.94 bits per heavy atom. The second-order valence-corrected chi connectivity index (χ2v) is 3.06. The van der Waals surface area contributed by atoms with Gasteiger partial charge in [0.05, 0.1) is 19.1 Å². The van der Waals surface area contributed by atoms with Crippen molar-refractivity contribution in [2.75, 3.05) is 13.7 Å². The van der Waals surface area contributed by atoms with Crippen LogP contribution in [0.15, 0.2) is 0 Å². The highest BCUT2D eigenvalue weighted by atomic mass is 16.5. The first-order valence-corrected chi connectivity index (χ1v) is 4.38. The topological polar surface area (TPSA) is 139 Å². The summed E-state index contributed by atoms with van der Waals surface area (Å²) in [5, 5.41) is 19.1. The third kappa shape index (κ3) is 5.27. The average Bonchev–Trinajstić information content (AvgIpc) is 2.15. The standard InChI is InChI=1S/C8H14N2O6/c1-16-3-5(8(14)15)10-7(13)4(9)2-6(11)12/h4-5H,2-3,9H2,1H3,(H,10,13)(H,11,12)(H,14,15). The Kier molecular flexibility index (Phi) is 6.04. The summed E-state index contributed by atoms with van der Waals surface area (Å²) >= 11 is 0. The van der Waals surface area contributed by atoms with Crippen LogP contribution in [0.4, 0.5) is 0 Å². The van der Waals surface area contributed by atoms with Crippen LogP contribution in [0.25, 0.3) is 0 Å². The summed E-state index contributed by atoms with van der Waals surface area (Å²) in [6.07, 6.45) is -0.564. The van der Waals surface area contributed by atoms with Gasteiger partial charge >= 0.3 is 11.9 Å². The van der Waals surface area contributed by atoms with Crippen molar-refractivity contribution in [2.24, 2.45) is 5.73 Å². The number of rotatable bonds is 7. The second-order valence-electron chi connectivity index (χ2n) is 3.06. The number of nitrogens with two attached hydrogens (primary N) is 1. The van der Waals surface area contributed by atoms with E-state index in [1.165, 1.54) is 7.11 Å². The molecule has 0 aliphatic heterocycles. The minimum Gasteiger partial charge on any atom is -0.481 e. The fourth-order valence-corrected chi connectivity index (χ4v) is 0.901. The predicted octanol–water partition coefficient (Wildman–Crippen LogP) is -2.00.